The maximum absolute atomic E-state index is 12.9. The van der Waals surface area contributed by atoms with Gasteiger partial charge in [0, 0.05) is 0 Å². The lowest BCUT2D eigenvalue weighted by molar-refractivity contribution is 0.175. The van der Waals surface area contributed by atoms with Crippen LogP contribution in [0.25, 0.3) is 0 Å². The molecule has 0 bridgehead atoms. The molecule has 2 atom stereocenters. The maximum Gasteiger partial charge on any atom is 0.123 e. The first-order valence-electron chi connectivity index (χ1n) is 7.32. The zero-order valence-electron chi connectivity index (χ0n) is 12.8. The van der Waals surface area contributed by atoms with E-state index in [1.807, 2.05) is 14.0 Å². The van der Waals surface area contributed by atoms with Crippen LogP contribution in [0.15, 0.2) is 48.5 Å². The molecule has 2 nitrogen and oxygen atoms in total. The van der Waals surface area contributed by atoms with Crippen LogP contribution in [0.1, 0.15) is 31.0 Å². The number of likely N-dealkylation sites (N-methyl/N-ethyl adjacent to an activating group) is 1. The summed E-state index contributed by atoms with van der Waals surface area (Å²) in [5.41, 5.74) is 2.50. The average Bonchev–Trinajstić information content (AvgIpc) is 2.51. The van der Waals surface area contributed by atoms with E-state index >= 15 is 0 Å². The zero-order chi connectivity index (χ0) is 15.2. The fourth-order valence-electron chi connectivity index (χ4n) is 2.43. The molecule has 0 heterocycles. The van der Waals surface area contributed by atoms with E-state index in [2.05, 4.69) is 36.5 Å². The SMILES string of the molecule is CCc1ccc(C(NC)C(C)Oc2ccc(F)cc2)cc1. The Bertz CT molecular complexity index is 550. The Labute approximate surface area is 126 Å². The molecule has 2 aromatic rings. The minimum Gasteiger partial charge on any atom is -0.489 e. The molecule has 21 heavy (non-hydrogen) atoms. The van der Waals surface area contributed by atoms with Crippen molar-refractivity contribution in [2.24, 2.45) is 0 Å². The zero-order valence-corrected chi connectivity index (χ0v) is 12.8. The number of hydrogen-bond acceptors (Lipinski definition) is 2. The van der Waals surface area contributed by atoms with Gasteiger partial charge in [0.05, 0.1) is 6.04 Å². The van der Waals surface area contributed by atoms with Gasteiger partial charge in [0.2, 0.25) is 0 Å². The Morgan fingerprint density at radius 2 is 1.67 bits per heavy atom. The topological polar surface area (TPSA) is 21.3 Å². The Morgan fingerprint density at radius 3 is 2.19 bits per heavy atom. The largest absolute Gasteiger partial charge is 0.489 e. The Balaban J connectivity index is 2.09. The van der Waals surface area contributed by atoms with E-state index in [0.717, 1.165) is 6.42 Å². The van der Waals surface area contributed by atoms with Crippen molar-refractivity contribution in [2.45, 2.75) is 32.4 Å². The summed E-state index contributed by atoms with van der Waals surface area (Å²) in [5.74, 6) is 0.421. The van der Waals surface area contributed by atoms with Crippen LogP contribution < -0.4 is 10.1 Å². The summed E-state index contributed by atoms with van der Waals surface area (Å²) in [4.78, 5) is 0. The van der Waals surface area contributed by atoms with E-state index in [-0.39, 0.29) is 18.0 Å². The van der Waals surface area contributed by atoms with Crippen LogP contribution in [0.4, 0.5) is 4.39 Å². The van der Waals surface area contributed by atoms with Crippen molar-refractivity contribution in [1.82, 2.24) is 5.32 Å². The van der Waals surface area contributed by atoms with Gasteiger partial charge in [-0.05, 0) is 55.8 Å². The first kappa shape index (κ1) is 15.5. The third kappa shape index (κ3) is 4.05. The van der Waals surface area contributed by atoms with E-state index in [1.165, 1.54) is 23.3 Å². The number of benzene rings is 2. The number of nitrogens with one attached hydrogen (secondary N) is 1. The van der Waals surface area contributed by atoms with Crippen molar-refractivity contribution in [3.05, 3.63) is 65.5 Å². The summed E-state index contributed by atoms with van der Waals surface area (Å²) in [5, 5.41) is 3.29. The highest BCUT2D eigenvalue weighted by molar-refractivity contribution is 5.27. The molecule has 0 aromatic heterocycles. The fraction of sp³-hybridized carbons (Fsp3) is 0.333. The number of rotatable bonds is 6. The minimum absolute atomic E-state index is 0.0621. The monoisotopic (exact) mass is 287 g/mol. The molecule has 0 spiro atoms. The Morgan fingerprint density at radius 1 is 1.05 bits per heavy atom. The van der Waals surface area contributed by atoms with Crippen molar-refractivity contribution in [3.63, 3.8) is 0 Å². The van der Waals surface area contributed by atoms with Crippen LogP contribution >= 0.6 is 0 Å². The molecule has 3 heteroatoms. The number of aryl methyl sites for hydroxylation is 1. The lowest BCUT2D eigenvalue weighted by Crippen LogP contribution is -2.31. The van der Waals surface area contributed by atoms with E-state index < -0.39 is 0 Å². The molecule has 0 radical (unpaired) electrons. The lowest BCUT2D eigenvalue weighted by atomic mass is 10.0. The predicted molar refractivity (Wildman–Crippen MR) is 84.1 cm³/mol. The molecular weight excluding hydrogens is 265 g/mol. The molecule has 0 saturated heterocycles. The molecule has 0 saturated carbocycles. The molecule has 1 N–H and O–H groups in total. The fourth-order valence-corrected chi connectivity index (χ4v) is 2.43. The third-order valence-electron chi connectivity index (χ3n) is 3.66. The summed E-state index contributed by atoms with van der Waals surface area (Å²) in [6, 6.07) is 14.8. The van der Waals surface area contributed by atoms with Gasteiger partial charge < -0.3 is 10.1 Å². The molecule has 2 unspecified atom stereocenters. The van der Waals surface area contributed by atoms with Crippen LogP contribution in [-0.4, -0.2) is 13.2 Å². The van der Waals surface area contributed by atoms with Crippen LogP contribution in [0, 0.1) is 5.82 Å². The van der Waals surface area contributed by atoms with Crippen molar-refractivity contribution in [1.29, 1.82) is 0 Å². The summed E-state index contributed by atoms with van der Waals surface area (Å²) in [6.07, 6.45) is 0.972. The van der Waals surface area contributed by atoms with Crippen LogP contribution in [0.2, 0.25) is 0 Å². The molecule has 112 valence electrons. The summed E-state index contributed by atoms with van der Waals surface area (Å²) in [6.45, 7) is 4.16. The summed E-state index contributed by atoms with van der Waals surface area (Å²) >= 11 is 0. The van der Waals surface area contributed by atoms with Gasteiger partial charge in [-0.25, -0.2) is 4.39 Å². The molecule has 0 aliphatic carbocycles. The molecule has 0 fully saturated rings. The Kier molecular flexibility index (Phi) is 5.34. The Hall–Kier alpha value is -1.87. The summed E-state index contributed by atoms with van der Waals surface area (Å²) in [7, 11) is 1.92. The molecule has 0 amide bonds. The normalized spacial score (nSPS) is 13.7. The molecular formula is C18H22FNO. The number of hydrogen-bond donors (Lipinski definition) is 1. The molecule has 2 aromatic carbocycles. The highest BCUT2D eigenvalue weighted by Crippen LogP contribution is 2.22. The molecule has 2 rings (SSSR count). The third-order valence-corrected chi connectivity index (χ3v) is 3.66. The second kappa shape index (κ2) is 7.23. The van der Waals surface area contributed by atoms with E-state index in [0.29, 0.717) is 5.75 Å². The van der Waals surface area contributed by atoms with Crippen LogP contribution in [-0.2, 0) is 6.42 Å². The van der Waals surface area contributed by atoms with E-state index in [4.69, 9.17) is 4.74 Å². The van der Waals surface area contributed by atoms with Gasteiger partial charge in [-0.1, -0.05) is 31.2 Å². The highest BCUT2D eigenvalue weighted by atomic mass is 19.1. The summed E-state index contributed by atoms with van der Waals surface area (Å²) < 4.78 is 18.8. The first-order valence-corrected chi connectivity index (χ1v) is 7.32. The van der Waals surface area contributed by atoms with Gasteiger partial charge in [0.1, 0.15) is 17.7 Å². The second-order valence-electron chi connectivity index (χ2n) is 5.14. The first-order chi connectivity index (χ1) is 10.1. The van der Waals surface area contributed by atoms with Gasteiger partial charge in [-0.2, -0.15) is 0 Å². The lowest BCUT2D eigenvalue weighted by Gasteiger charge is -2.25. The van der Waals surface area contributed by atoms with Gasteiger partial charge in [0.15, 0.2) is 0 Å². The van der Waals surface area contributed by atoms with Gasteiger partial charge in [0.25, 0.3) is 0 Å². The van der Waals surface area contributed by atoms with Crippen LogP contribution in [0.5, 0.6) is 5.75 Å². The maximum atomic E-state index is 12.9. The second-order valence-corrected chi connectivity index (χ2v) is 5.14. The van der Waals surface area contributed by atoms with Crippen molar-refractivity contribution >= 4 is 0 Å². The van der Waals surface area contributed by atoms with Gasteiger partial charge >= 0.3 is 0 Å². The molecule has 0 aliphatic heterocycles. The van der Waals surface area contributed by atoms with Crippen molar-refractivity contribution in [3.8, 4) is 5.75 Å². The predicted octanol–water partition coefficient (Wildman–Crippen LogP) is 4.12. The van der Waals surface area contributed by atoms with E-state index in [1.54, 1.807) is 12.1 Å². The number of ether oxygens (including phenoxy) is 1. The van der Waals surface area contributed by atoms with Crippen molar-refractivity contribution < 1.29 is 9.13 Å². The standard InChI is InChI=1S/C18H22FNO/c1-4-14-5-7-15(8-6-14)18(20-3)13(2)21-17-11-9-16(19)10-12-17/h5-13,18,20H,4H2,1-3H3. The van der Waals surface area contributed by atoms with Gasteiger partial charge in [-0.15, -0.1) is 0 Å². The number of halogens is 1. The smallest absolute Gasteiger partial charge is 0.123 e. The minimum atomic E-state index is -0.254. The quantitative estimate of drug-likeness (QED) is 0.863. The average molecular weight is 287 g/mol. The highest BCUT2D eigenvalue weighted by Gasteiger charge is 2.19. The van der Waals surface area contributed by atoms with E-state index in [9.17, 15) is 4.39 Å². The van der Waals surface area contributed by atoms with Crippen LogP contribution in [0.3, 0.4) is 0 Å². The molecule has 0 aliphatic rings. The van der Waals surface area contributed by atoms with Gasteiger partial charge in [-0.3, -0.25) is 0 Å². The van der Waals surface area contributed by atoms with Crippen molar-refractivity contribution in [2.75, 3.05) is 7.05 Å².